The summed E-state index contributed by atoms with van der Waals surface area (Å²) in [6.45, 7) is 10.3. The Morgan fingerprint density at radius 2 is 1.89 bits per heavy atom. The van der Waals surface area contributed by atoms with Crippen molar-refractivity contribution in [1.29, 1.82) is 0 Å². The molecule has 0 heterocycles. The monoisotopic (exact) mass is 247 g/mol. The summed E-state index contributed by atoms with van der Waals surface area (Å²) in [6.07, 6.45) is 0.992. The van der Waals surface area contributed by atoms with Crippen LogP contribution in [-0.4, -0.2) is 11.8 Å². The Hall–Kier alpha value is -1.15. The van der Waals surface area contributed by atoms with Gasteiger partial charge in [-0.1, -0.05) is 52.8 Å². The van der Waals surface area contributed by atoms with Gasteiger partial charge in [0.05, 0.1) is 6.04 Å². The third-order valence-corrected chi connectivity index (χ3v) is 3.07. The molecule has 2 nitrogen and oxygen atoms in total. The van der Waals surface area contributed by atoms with Gasteiger partial charge in [0.25, 0.3) is 0 Å². The molecule has 0 bridgehead atoms. The molecular weight excluding hydrogens is 222 g/mol. The topological polar surface area (TPSA) is 43.1 Å². The molecule has 2 heteroatoms. The lowest BCUT2D eigenvalue weighted by atomic mass is 9.82. The fraction of sp³-hybridized carbons (Fsp3) is 0.562. The van der Waals surface area contributed by atoms with Crippen LogP contribution in [0.15, 0.2) is 24.3 Å². The van der Waals surface area contributed by atoms with Crippen molar-refractivity contribution in [3.63, 3.8) is 0 Å². The van der Waals surface area contributed by atoms with E-state index in [1.807, 2.05) is 39.0 Å². The van der Waals surface area contributed by atoms with Crippen LogP contribution in [0.1, 0.15) is 50.5 Å². The Morgan fingerprint density at radius 3 is 2.39 bits per heavy atom. The first-order valence-electron chi connectivity index (χ1n) is 6.60. The number of carbonyl (C=O) groups excluding carboxylic acids is 1. The maximum Gasteiger partial charge on any atom is 0.180 e. The highest BCUT2D eigenvalue weighted by atomic mass is 16.1. The van der Waals surface area contributed by atoms with E-state index in [1.165, 1.54) is 5.56 Å². The highest BCUT2D eigenvalue weighted by Crippen LogP contribution is 2.21. The fourth-order valence-electron chi connectivity index (χ4n) is 1.90. The highest BCUT2D eigenvalue weighted by Gasteiger charge is 2.28. The lowest BCUT2D eigenvalue weighted by Crippen LogP contribution is -2.42. The largest absolute Gasteiger partial charge is 0.321 e. The van der Waals surface area contributed by atoms with Gasteiger partial charge in [0, 0.05) is 5.56 Å². The van der Waals surface area contributed by atoms with Gasteiger partial charge in [-0.2, -0.15) is 0 Å². The van der Waals surface area contributed by atoms with Gasteiger partial charge in [0.2, 0.25) is 0 Å². The molecule has 2 N–H and O–H groups in total. The molecule has 100 valence electrons. The lowest BCUT2D eigenvalue weighted by Gasteiger charge is -2.25. The molecule has 0 aliphatic carbocycles. The van der Waals surface area contributed by atoms with E-state index < -0.39 is 6.04 Å². The van der Waals surface area contributed by atoms with Crippen molar-refractivity contribution in [3.05, 3.63) is 35.4 Å². The molecule has 1 unspecified atom stereocenters. The SMILES string of the molecule is CC(C)Cc1cccc(C(=O)C(N)C(C)(C)C)c1. The number of nitrogens with two attached hydrogens (primary N) is 1. The standard InChI is InChI=1S/C16H25NO/c1-11(2)9-12-7-6-8-13(10-12)14(18)15(17)16(3,4)5/h6-8,10-11,15H,9,17H2,1-5H3. The van der Waals surface area contributed by atoms with Crippen LogP contribution in [0.4, 0.5) is 0 Å². The van der Waals surface area contributed by atoms with Gasteiger partial charge in [-0.3, -0.25) is 4.79 Å². The van der Waals surface area contributed by atoms with E-state index in [1.54, 1.807) is 0 Å². The first kappa shape index (κ1) is 14.9. The van der Waals surface area contributed by atoms with Crippen LogP contribution in [0.2, 0.25) is 0 Å². The van der Waals surface area contributed by atoms with Crippen LogP contribution in [0.3, 0.4) is 0 Å². The molecule has 0 fully saturated rings. The molecule has 0 aliphatic rings. The maximum absolute atomic E-state index is 12.3. The summed E-state index contributed by atoms with van der Waals surface area (Å²) in [6, 6.07) is 7.40. The van der Waals surface area contributed by atoms with E-state index in [9.17, 15) is 4.79 Å². The molecule has 0 radical (unpaired) electrons. The summed E-state index contributed by atoms with van der Waals surface area (Å²) in [5, 5.41) is 0. The minimum atomic E-state index is -0.452. The molecule has 0 saturated carbocycles. The van der Waals surface area contributed by atoms with Crippen LogP contribution in [-0.2, 0) is 6.42 Å². The van der Waals surface area contributed by atoms with Gasteiger partial charge in [-0.05, 0) is 29.4 Å². The Bertz CT molecular complexity index is 415. The average Bonchev–Trinajstić information content (AvgIpc) is 2.25. The van der Waals surface area contributed by atoms with E-state index in [0.717, 1.165) is 12.0 Å². The first-order chi connectivity index (χ1) is 8.21. The third kappa shape index (κ3) is 3.95. The summed E-state index contributed by atoms with van der Waals surface area (Å²) in [4.78, 5) is 12.3. The summed E-state index contributed by atoms with van der Waals surface area (Å²) in [5.41, 5.74) is 7.76. The van der Waals surface area contributed by atoms with Gasteiger partial charge in [-0.25, -0.2) is 0 Å². The Morgan fingerprint density at radius 1 is 1.28 bits per heavy atom. The van der Waals surface area contributed by atoms with Crippen LogP contribution < -0.4 is 5.73 Å². The zero-order valence-corrected chi connectivity index (χ0v) is 12.2. The van der Waals surface area contributed by atoms with Crippen LogP contribution >= 0.6 is 0 Å². The quantitative estimate of drug-likeness (QED) is 0.828. The normalized spacial score (nSPS) is 13.7. The van der Waals surface area contributed by atoms with Crippen LogP contribution in [0.25, 0.3) is 0 Å². The summed E-state index contributed by atoms with van der Waals surface area (Å²) in [7, 11) is 0. The second-order valence-electron chi connectivity index (χ2n) is 6.51. The molecule has 1 aromatic carbocycles. The zero-order valence-electron chi connectivity index (χ0n) is 12.2. The molecule has 1 atom stereocenters. The van der Waals surface area contributed by atoms with Gasteiger partial charge in [-0.15, -0.1) is 0 Å². The van der Waals surface area contributed by atoms with Gasteiger partial charge < -0.3 is 5.73 Å². The van der Waals surface area contributed by atoms with E-state index in [-0.39, 0.29) is 11.2 Å². The highest BCUT2D eigenvalue weighted by molar-refractivity contribution is 6.00. The smallest absolute Gasteiger partial charge is 0.180 e. The van der Waals surface area contributed by atoms with E-state index in [4.69, 9.17) is 5.73 Å². The summed E-state index contributed by atoms with van der Waals surface area (Å²) < 4.78 is 0. The number of Topliss-reactive ketones (excluding diaryl/α,β-unsaturated/α-hetero) is 1. The number of ketones is 1. The zero-order chi connectivity index (χ0) is 13.9. The Balaban J connectivity index is 2.93. The summed E-state index contributed by atoms with van der Waals surface area (Å²) in [5.74, 6) is 0.625. The van der Waals surface area contributed by atoms with Gasteiger partial charge in [0.1, 0.15) is 0 Å². The first-order valence-corrected chi connectivity index (χ1v) is 6.60. The number of hydrogen-bond acceptors (Lipinski definition) is 2. The molecular formula is C16H25NO. The van der Waals surface area contributed by atoms with E-state index in [2.05, 4.69) is 19.9 Å². The number of benzene rings is 1. The minimum Gasteiger partial charge on any atom is -0.321 e. The van der Waals surface area contributed by atoms with Gasteiger partial charge >= 0.3 is 0 Å². The van der Waals surface area contributed by atoms with Crippen molar-refractivity contribution in [3.8, 4) is 0 Å². The Labute approximate surface area is 111 Å². The lowest BCUT2D eigenvalue weighted by molar-refractivity contribution is 0.0901. The molecule has 1 aromatic rings. The van der Waals surface area contributed by atoms with Crippen LogP contribution in [0, 0.1) is 11.3 Å². The van der Waals surface area contributed by atoms with Crippen molar-refractivity contribution in [2.75, 3.05) is 0 Å². The fourth-order valence-corrected chi connectivity index (χ4v) is 1.90. The van der Waals surface area contributed by atoms with Crippen molar-refractivity contribution in [1.82, 2.24) is 0 Å². The number of carbonyl (C=O) groups is 1. The molecule has 1 rings (SSSR count). The van der Waals surface area contributed by atoms with Crippen LogP contribution in [0.5, 0.6) is 0 Å². The maximum atomic E-state index is 12.3. The molecule has 0 aliphatic heterocycles. The predicted octanol–water partition coefficient (Wildman–Crippen LogP) is 3.44. The number of rotatable bonds is 4. The molecule has 0 aromatic heterocycles. The van der Waals surface area contributed by atoms with Crippen molar-refractivity contribution in [2.24, 2.45) is 17.1 Å². The average molecular weight is 247 g/mol. The molecule has 0 spiro atoms. The van der Waals surface area contributed by atoms with Crippen molar-refractivity contribution in [2.45, 2.75) is 47.1 Å². The second-order valence-corrected chi connectivity index (χ2v) is 6.51. The van der Waals surface area contributed by atoms with Gasteiger partial charge in [0.15, 0.2) is 5.78 Å². The third-order valence-electron chi connectivity index (χ3n) is 3.07. The molecule has 0 saturated heterocycles. The predicted molar refractivity (Wildman–Crippen MR) is 76.7 cm³/mol. The Kier molecular flexibility index (Phi) is 4.69. The van der Waals surface area contributed by atoms with E-state index >= 15 is 0 Å². The second kappa shape index (κ2) is 5.66. The minimum absolute atomic E-state index is 0.0353. The van der Waals surface area contributed by atoms with E-state index in [0.29, 0.717) is 5.92 Å². The molecule has 0 amide bonds. The molecule has 18 heavy (non-hydrogen) atoms. The van der Waals surface area contributed by atoms with Crippen molar-refractivity contribution >= 4 is 5.78 Å². The van der Waals surface area contributed by atoms with Crippen molar-refractivity contribution < 1.29 is 4.79 Å². The number of hydrogen-bond donors (Lipinski definition) is 1. The summed E-state index contributed by atoms with van der Waals surface area (Å²) >= 11 is 0.